The molecule has 5 nitrogen and oxygen atoms in total. The van der Waals surface area contributed by atoms with E-state index in [2.05, 4.69) is 16.2 Å². The molecular formula is C12H16IN3O2. The van der Waals surface area contributed by atoms with Gasteiger partial charge in [0.15, 0.2) is 5.96 Å². The van der Waals surface area contributed by atoms with E-state index in [-0.39, 0.29) is 36.5 Å². The maximum Gasteiger partial charge on any atom is 0.194 e. The Balaban J connectivity index is 0.00000289. The molecule has 0 spiro atoms. The molecule has 0 aromatic heterocycles. The summed E-state index contributed by atoms with van der Waals surface area (Å²) in [5.41, 5.74) is 6.33. The standard InChI is InChI=1S/C12H15N3O2.HI/c1-4-7-14-12(13)15-10-8-9(16-2)5-6-11(10)17-3;/h1,5-6,8H,7H2,2-3H3,(H3,13,14,15);1H. The second-order valence-electron chi connectivity index (χ2n) is 3.10. The van der Waals surface area contributed by atoms with E-state index in [0.717, 1.165) is 0 Å². The van der Waals surface area contributed by atoms with Crippen LogP contribution in [0.25, 0.3) is 0 Å². The van der Waals surface area contributed by atoms with Gasteiger partial charge in [0.1, 0.15) is 18.0 Å². The lowest BCUT2D eigenvalue weighted by Crippen LogP contribution is -2.23. The van der Waals surface area contributed by atoms with E-state index in [1.807, 2.05) is 0 Å². The third kappa shape index (κ3) is 4.71. The van der Waals surface area contributed by atoms with E-state index >= 15 is 0 Å². The third-order valence-corrected chi connectivity index (χ3v) is 2.01. The second kappa shape index (κ2) is 8.47. The first-order chi connectivity index (χ1) is 8.21. The zero-order valence-corrected chi connectivity index (χ0v) is 12.6. The molecule has 0 aliphatic carbocycles. The molecule has 0 amide bonds. The minimum absolute atomic E-state index is 0. The Morgan fingerprint density at radius 1 is 1.44 bits per heavy atom. The molecular weight excluding hydrogens is 345 g/mol. The number of terminal acetylenes is 1. The van der Waals surface area contributed by atoms with Crippen LogP contribution in [-0.2, 0) is 0 Å². The molecule has 0 radical (unpaired) electrons. The number of anilines is 1. The summed E-state index contributed by atoms with van der Waals surface area (Å²) in [6.45, 7) is 0.227. The summed E-state index contributed by atoms with van der Waals surface area (Å²) in [6.07, 6.45) is 5.09. The molecule has 98 valence electrons. The fraction of sp³-hybridized carbons (Fsp3) is 0.250. The quantitative estimate of drug-likeness (QED) is 0.371. The highest BCUT2D eigenvalue weighted by molar-refractivity contribution is 14.0. The fourth-order valence-corrected chi connectivity index (χ4v) is 1.22. The smallest absolute Gasteiger partial charge is 0.194 e. The molecule has 0 fully saturated rings. The summed E-state index contributed by atoms with van der Waals surface area (Å²) in [5.74, 6) is 3.94. The number of nitrogens with two attached hydrogens (primary N) is 1. The first-order valence-electron chi connectivity index (χ1n) is 4.93. The molecule has 0 aliphatic heterocycles. The van der Waals surface area contributed by atoms with Crippen molar-refractivity contribution in [3.63, 3.8) is 0 Å². The fourth-order valence-electron chi connectivity index (χ4n) is 1.22. The summed E-state index contributed by atoms with van der Waals surface area (Å²) in [7, 11) is 3.16. The molecule has 0 atom stereocenters. The molecule has 6 heteroatoms. The van der Waals surface area contributed by atoms with E-state index in [9.17, 15) is 0 Å². The molecule has 1 rings (SSSR count). The van der Waals surface area contributed by atoms with Gasteiger partial charge in [-0.15, -0.1) is 30.4 Å². The molecule has 1 aromatic rings. The van der Waals surface area contributed by atoms with E-state index in [0.29, 0.717) is 17.2 Å². The van der Waals surface area contributed by atoms with Crippen LogP contribution in [0.5, 0.6) is 11.5 Å². The van der Waals surface area contributed by atoms with Gasteiger partial charge in [-0.3, -0.25) is 0 Å². The largest absolute Gasteiger partial charge is 0.497 e. The molecule has 3 N–H and O–H groups in total. The van der Waals surface area contributed by atoms with E-state index in [4.69, 9.17) is 21.6 Å². The van der Waals surface area contributed by atoms with Crippen LogP contribution in [0.15, 0.2) is 23.2 Å². The Morgan fingerprint density at radius 3 is 2.72 bits per heavy atom. The van der Waals surface area contributed by atoms with E-state index < -0.39 is 0 Å². The van der Waals surface area contributed by atoms with Crippen LogP contribution in [0.3, 0.4) is 0 Å². The van der Waals surface area contributed by atoms with Gasteiger partial charge in [-0.25, -0.2) is 4.99 Å². The average Bonchev–Trinajstić information content (AvgIpc) is 2.36. The minimum Gasteiger partial charge on any atom is -0.497 e. The van der Waals surface area contributed by atoms with Crippen LogP contribution in [0.1, 0.15) is 0 Å². The molecule has 18 heavy (non-hydrogen) atoms. The van der Waals surface area contributed by atoms with Crippen molar-refractivity contribution in [3.05, 3.63) is 18.2 Å². The number of halogens is 1. The Labute approximate surface area is 124 Å². The van der Waals surface area contributed by atoms with E-state index in [1.54, 1.807) is 32.4 Å². The number of methoxy groups -OCH3 is 2. The predicted octanol–water partition coefficient (Wildman–Crippen LogP) is 1.68. The highest BCUT2D eigenvalue weighted by Crippen LogP contribution is 2.28. The minimum atomic E-state index is 0. The topological polar surface area (TPSA) is 68.9 Å². The third-order valence-electron chi connectivity index (χ3n) is 2.01. The van der Waals surface area contributed by atoms with Crippen molar-refractivity contribution in [1.82, 2.24) is 0 Å². The van der Waals surface area contributed by atoms with Gasteiger partial charge < -0.3 is 20.5 Å². The Bertz CT molecular complexity index is 455. The Morgan fingerprint density at radius 2 is 2.17 bits per heavy atom. The van der Waals surface area contributed by atoms with Crippen molar-refractivity contribution in [2.45, 2.75) is 0 Å². The SMILES string of the molecule is C#CCN=C(N)Nc1cc(OC)ccc1OC.I. The average molecular weight is 361 g/mol. The van der Waals surface area contributed by atoms with Crippen LogP contribution in [0, 0.1) is 12.3 Å². The van der Waals surface area contributed by atoms with E-state index in [1.165, 1.54) is 0 Å². The van der Waals surface area contributed by atoms with Gasteiger partial charge in [-0.2, -0.15) is 0 Å². The van der Waals surface area contributed by atoms with Gasteiger partial charge in [-0.05, 0) is 12.1 Å². The van der Waals surface area contributed by atoms with Crippen molar-refractivity contribution < 1.29 is 9.47 Å². The zero-order chi connectivity index (χ0) is 12.7. The number of guanidine groups is 1. The number of hydrogen-bond donors (Lipinski definition) is 2. The summed E-state index contributed by atoms with van der Waals surface area (Å²) in [6, 6.07) is 5.32. The molecule has 0 saturated carbocycles. The van der Waals surface area contributed by atoms with Crippen LogP contribution < -0.4 is 20.5 Å². The second-order valence-corrected chi connectivity index (χ2v) is 3.10. The van der Waals surface area contributed by atoms with Crippen molar-refractivity contribution >= 4 is 35.6 Å². The van der Waals surface area contributed by atoms with Gasteiger partial charge >= 0.3 is 0 Å². The van der Waals surface area contributed by atoms with Gasteiger partial charge in [0.2, 0.25) is 0 Å². The number of nitrogens with zero attached hydrogens (tertiary/aromatic N) is 1. The number of ether oxygens (including phenoxy) is 2. The van der Waals surface area contributed by atoms with Crippen molar-refractivity contribution in [2.75, 3.05) is 26.1 Å². The highest BCUT2D eigenvalue weighted by Gasteiger charge is 2.05. The first-order valence-corrected chi connectivity index (χ1v) is 4.93. The lowest BCUT2D eigenvalue weighted by atomic mass is 10.2. The van der Waals surface area contributed by atoms with Crippen LogP contribution in [0.2, 0.25) is 0 Å². The molecule has 1 aromatic carbocycles. The number of nitrogens with one attached hydrogen (secondary N) is 1. The van der Waals surface area contributed by atoms with Gasteiger partial charge in [0, 0.05) is 6.07 Å². The van der Waals surface area contributed by atoms with Crippen LogP contribution >= 0.6 is 24.0 Å². The highest BCUT2D eigenvalue weighted by atomic mass is 127. The molecule has 0 heterocycles. The van der Waals surface area contributed by atoms with Crippen molar-refractivity contribution in [2.24, 2.45) is 10.7 Å². The van der Waals surface area contributed by atoms with Crippen molar-refractivity contribution in [3.8, 4) is 23.8 Å². The zero-order valence-electron chi connectivity index (χ0n) is 10.3. The maximum absolute atomic E-state index is 5.65. The summed E-state index contributed by atoms with van der Waals surface area (Å²) >= 11 is 0. The summed E-state index contributed by atoms with van der Waals surface area (Å²) < 4.78 is 10.3. The summed E-state index contributed by atoms with van der Waals surface area (Å²) in [5, 5.41) is 2.90. The monoisotopic (exact) mass is 361 g/mol. The number of hydrogen-bond acceptors (Lipinski definition) is 3. The Hall–Kier alpha value is -1.62. The van der Waals surface area contributed by atoms with Crippen molar-refractivity contribution in [1.29, 1.82) is 0 Å². The number of benzene rings is 1. The lowest BCUT2D eigenvalue weighted by molar-refractivity contribution is 0.405. The molecule has 0 saturated heterocycles. The Kier molecular flexibility index (Phi) is 7.71. The molecule has 0 aliphatic rings. The molecule has 0 unspecified atom stereocenters. The normalized spacial score (nSPS) is 9.94. The maximum atomic E-state index is 5.65. The number of rotatable bonds is 4. The first kappa shape index (κ1) is 16.4. The lowest BCUT2D eigenvalue weighted by Gasteiger charge is -2.11. The number of aliphatic imine (C=N–C) groups is 1. The summed E-state index contributed by atoms with van der Waals surface area (Å²) in [4.78, 5) is 3.92. The van der Waals surface area contributed by atoms with Crippen LogP contribution in [-0.4, -0.2) is 26.7 Å². The van der Waals surface area contributed by atoms with Crippen LogP contribution in [0.4, 0.5) is 5.69 Å². The van der Waals surface area contributed by atoms with Gasteiger partial charge in [0.25, 0.3) is 0 Å². The van der Waals surface area contributed by atoms with Gasteiger partial charge in [0.05, 0.1) is 19.9 Å². The predicted molar refractivity (Wildman–Crippen MR) is 83.9 cm³/mol. The van der Waals surface area contributed by atoms with Gasteiger partial charge in [-0.1, -0.05) is 5.92 Å². The molecule has 0 bridgehead atoms.